The number of hydrogen-bond donors (Lipinski definition) is 1. The fourth-order valence-electron chi connectivity index (χ4n) is 3.92. The van der Waals surface area contributed by atoms with Crippen molar-refractivity contribution in [2.45, 2.75) is 52.0 Å². The van der Waals surface area contributed by atoms with Crippen molar-refractivity contribution in [3.8, 4) is 11.5 Å². The third kappa shape index (κ3) is 4.74. The van der Waals surface area contributed by atoms with E-state index in [1.165, 1.54) is 43.5 Å². The first-order valence-corrected chi connectivity index (χ1v) is 9.86. The molecule has 0 spiro atoms. The molecular weight excluding hydrogens is 354 g/mol. The predicted octanol–water partition coefficient (Wildman–Crippen LogP) is 4.15. The molecule has 0 radical (unpaired) electrons. The van der Waals surface area contributed by atoms with E-state index in [9.17, 15) is 4.79 Å². The largest absolute Gasteiger partial charge is 0.493 e. The number of carbonyl (C=O) groups is 1. The molecule has 1 aliphatic carbocycles. The molecule has 1 amide bonds. The van der Waals surface area contributed by atoms with Gasteiger partial charge in [0, 0.05) is 23.0 Å². The molecule has 0 unspecified atom stereocenters. The van der Waals surface area contributed by atoms with Crippen LogP contribution in [-0.4, -0.2) is 30.4 Å². The van der Waals surface area contributed by atoms with Gasteiger partial charge in [-0.3, -0.25) is 4.79 Å². The number of hydrazone groups is 1. The number of carbonyl (C=O) groups excluding carboxylic acids is 1. The Bertz CT molecular complexity index is 836. The van der Waals surface area contributed by atoms with Crippen LogP contribution in [0.4, 0.5) is 0 Å². The molecule has 1 aliphatic rings. The zero-order chi connectivity index (χ0) is 19.9. The van der Waals surface area contributed by atoms with Gasteiger partial charge in [-0.15, -0.1) is 0 Å². The van der Waals surface area contributed by atoms with Crippen LogP contribution in [0.25, 0.3) is 0 Å². The van der Waals surface area contributed by atoms with Gasteiger partial charge in [-0.25, -0.2) is 5.43 Å². The Hall–Kier alpha value is -2.76. The van der Waals surface area contributed by atoms with Gasteiger partial charge >= 0.3 is 0 Å². The molecule has 1 heterocycles. The zero-order valence-electron chi connectivity index (χ0n) is 16.9. The van der Waals surface area contributed by atoms with E-state index in [-0.39, 0.29) is 12.5 Å². The molecule has 1 N–H and O–H groups in total. The van der Waals surface area contributed by atoms with Crippen LogP contribution < -0.4 is 14.9 Å². The Kier molecular flexibility index (Phi) is 6.74. The Morgan fingerprint density at radius 3 is 2.64 bits per heavy atom. The van der Waals surface area contributed by atoms with E-state index in [1.54, 1.807) is 25.5 Å². The summed E-state index contributed by atoms with van der Waals surface area (Å²) in [6, 6.07) is 9.93. The van der Waals surface area contributed by atoms with E-state index in [1.807, 2.05) is 12.1 Å². The lowest BCUT2D eigenvalue weighted by molar-refractivity contribution is -0.123. The Morgan fingerprint density at radius 1 is 1.21 bits per heavy atom. The molecule has 2 aromatic rings. The molecule has 0 aliphatic heterocycles. The topological polar surface area (TPSA) is 64.8 Å². The van der Waals surface area contributed by atoms with Crippen molar-refractivity contribution >= 4 is 12.1 Å². The quantitative estimate of drug-likeness (QED) is 0.577. The average Bonchev–Trinajstić information content (AvgIpc) is 3.00. The van der Waals surface area contributed by atoms with Crippen LogP contribution in [0.1, 0.15) is 55.1 Å². The van der Waals surface area contributed by atoms with Gasteiger partial charge in [-0.05, 0) is 44.9 Å². The van der Waals surface area contributed by atoms with E-state index in [0.29, 0.717) is 17.5 Å². The van der Waals surface area contributed by atoms with Crippen LogP contribution in [0.5, 0.6) is 11.5 Å². The van der Waals surface area contributed by atoms with Crippen LogP contribution >= 0.6 is 0 Å². The van der Waals surface area contributed by atoms with Crippen LogP contribution in [-0.2, 0) is 4.79 Å². The minimum Gasteiger partial charge on any atom is -0.493 e. The van der Waals surface area contributed by atoms with Gasteiger partial charge in [0.25, 0.3) is 5.91 Å². The number of para-hydroxylation sites is 2. The molecule has 0 atom stereocenters. The molecule has 1 fully saturated rings. The first-order chi connectivity index (χ1) is 13.6. The molecule has 150 valence electrons. The first-order valence-electron chi connectivity index (χ1n) is 9.86. The maximum absolute atomic E-state index is 12.0. The first kappa shape index (κ1) is 20.0. The summed E-state index contributed by atoms with van der Waals surface area (Å²) in [6.45, 7) is 4.13. The standard InChI is InChI=1S/C22H29N3O3/c1-16-13-18(17(2)25(16)19-9-5-4-6-10-19)14-23-24-22(26)15-28-21-12-8-7-11-20(21)27-3/h7-8,11-14,19H,4-6,9-10,15H2,1-3H3,(H,24,26)/b23-14-. The Balaban J connectivity index is 1.56. The maximum Gasteiger partial charge on any atom is 0.277 e. The predicted molar refractivity (Wildman–Crippen MR) is 110 cm³/mol. The van der Waals surface area contributed by atoms with Crippen molar-refractivity contribution < 1.29 is 14.3 Å². The number of nitrogens with zero attached hydrogens (tertiary/aromatic N) is 2. The minimum absolute atomic E-state index is 0.126. The zero-order valence-corrected chi connectivity index (χ0v) is 16.9. The Morgan fingerprint density at radius 2 is 1.93 bits per heavy atom. The molecule has 28 heavy (non-hydrogen) atoms. The lowest BCUT2D eigenvalue weighted by atomic mass is 9.95. The fourth-order valence-corrected chi connectivity index (χ4v) is 3.92. The molecule has 6 nitrogen and oxygen atoms in total. The average molecular weight is 383 g/mol. The van der Waals surface area contributed by atoms with E-state index >= 15 is 0 Å². The van der Waals surface area contributed by atoms with Gasteiger partial charge < -0.3 is 14.0 Å². The number of benzene rings is 1. The maximum atomic E-state index is 12.0. The van der Waals surface area contributed by atoms with Crippen LogP contribution in [0.15, 0.2) is 35.4 Å². The van der Waals surface area contributed by atoms with Gasteiger partial charge in [0.1, 0.15) is 0 Å². The van der Waals surface area contributed by atoms with Crippen LogP contribution in [0.3, 0.4) is 0 Å². The molecule has 1 aromatic carbocycles. The number of rotatable bonds is 7. The lowest BCUT2D eigenvalue weighted by Crippen LogP contribution is -2.24. The SMILES string of the molecule is COc1ccccc1OCC(=O)N/N=C\c1cc(C)n(C2CCCCC2)c1C. The second-order valence-corrected chi connectivity index (χ2v) is 7.22. The minimum atomic E-state index is -0.316. The summed E-state index contributed by atoms with van der Waals surface area (Å²) < 4.78 is 13.1. The molecule has 0 saturated heterocycles. The summed E-state index contributed by atoms with van der Waals surface area (Å²) in [5.74, 6) is 0.803. The van der Waals surface area contributed by atoms with E-state index < -0.39 is 0 Å². The van der Waals surface area contributed by atoms with Crippen LogP contribution in [0.2, 0.25) is 0 Å². The number of ether oxygens (including phenoxy) is 2. The van der Waals surface area contributed by atoms with Gasteiger partial charge in [0.05, 0.1) is 13.3 Å². The normalized spacial score (nSPS) is 15.0. The third-order valence-electron chi connectivity index (χ3n) is 5.28. The fraction of sp³-hybridized carbons (Fsp3) is 0.455. The van der Waals surface area contributed by atoms with Gasteiger partial charge in [-0.1, -0.05) is 31.4 Å². The van der Waals surface area contributed by atoms with Gasteiger partial charge in [0.2, 0.25) is 0 Å². The smallest absolute Gasteiger partial charge is 0.277 e. The molecule has 0 bridgehead atoms. The number of aryl methyl sites for hydroxylation is 1. The number of nitrogens with one attached hydrogen (secondary N) is 1. The summed E-state index contributed by atoms with van der Waals surface area (Å²) in [6.07, 6.45) is 8.13. The summed E-state index contributed by atoms with van der Waals surface area (Å²) in [5, 5.41) is 4.11. The Labute approximate surface area is 166 Å². The van der Waals surface area contributed by atoms with Crippen molar-refractivity contribution in [3.63, 3.8) is 0 Å². The van der Waals surface area contributed by atoms with Crippen molar-refractivity contribution in [2.75, 3.05) is 13.7 Å². The lowest BCUT2D eigenvalue weighted by Gasteiger charge is -2.26. The number of hydrogen-bond acceptors (Lipinski definition) is 4. The highest BCUT2D eigenvalue weighted by Crippen LogP contribution is 2.31. The summed E-state index contributed by atoms with van der Waals surface area (Å²) in [5.41, 5.74) is 6.01. The highest BCUT2D eigenvalue weighted by molar-refractivity contribution is 5.84. The highest BCUT2D eigenvalue weighted by Gasteiger charge is 2.19. The molecule has 1 aromatic heterocycles. The molecular formula is C22H29N3O3. The van der Waals surface area contributed by atoms with Crippen molar-refractivity contribution in [3.05, 3.63) is 47.3 Å². The molecule has 1 saturated carbocycles. The summed E-state index contributed by atoms with van der Waals surface area (Å²) in [4.78, 5) is 12.0. The van der Waals surface area contributed by atoms with Gasteiger partial charge in [-0.2, -0.15) is 5.10 Å². The monoisotopic (exact) mass is 383 g/mol. The molecule has 6 heteroatoms. The summed E-state index contributed by atoms with van der Waals surface area (Å²) >= 11 is 0. The van der Waals surface area contributed by atoms with Crippen molar-refractivity contribution in [2.24, 2.45) is 5.10 Å². The van der Waals surface area contributed by atoms with Crippen molar-refractivity contribution in [1.29, 1.82) is 0 Å². The third-order valence-corrected chi connectivity index (χ3v) is 5.28. The number of aromatic nitrogens is 1. The second kappa shape index (κ2) is 9.44. The van der Waals surface area contributed by atoms with E-state index in [4.69, 9.17) is 9.47 Å². The van der Waals surface area contributed by atoms with Gasteiger partial charge in [0.15, 0.2) is 18.1 Å². The highest BCUT2D eigenvalue weighted by atomic mass is 16.5. The summed E-state index contributed by atoms with van der Waals surface area (Å²) in [7, 11) is 1.57. The van der Waals surface area contributed by atoms with Crippen LogP contribution in [0, 0.1) is 13.8 Å². The number of amides is 1. The molecule has 3 rings (SSSR count). The van der Waals surface area contributed by atoms with E-state index in [0.717, 1.165) is 5.56 Å². The number of methoxy groups -OCH3 is 1. The van der Waals surface area contributed by atoms with E-state index in [2.05, 4.69) is 35.0 Å². The van der Waals surface area contributed by atoms with Crippen molar-refractivity contribution in [1.82, 2.24) is 9.99 Å². The second-order valence-electron chi connectivity index (χ2n) is 7.22.